The second-order valence-corrected chi connectivity index (χ2v) is 9.11. The van der Waals surface area contributed by atoms with Gasteiger partial charge in [0.05, 0.1) is 12.0 Å². The minimum Gasteiger partial charge on any atom is -0.497 e. The lowest BCUT2D eigenvalue weighted by molar-refractivity contribution is -0.128. The van der Waals surface area contributed by atoms with E-state index in [0.717, 1.165) is 11.8 Å². The molecule has 1 atom stereocenters. The van der Waals surface area contributed by atoms with Crippen molar-refractivity contribution in [1.82, 2.24) is 4.90 Å². The molecule has 1 fully saturated rings. The Kier molecular flexibility index (Phi) is 6.78. The Hall–Kier alpha value is -2.85. The van der Waals surface area contributed by atoms with Gasteiger partial charge in [0.2, 0.25) is 11.8 Å². The van der Waals surface area contributed by atoms with Gasteiger partial charge in [0, 0.05) is 18.7 Å². The standard InChI is InChI=1S/C20H21N3O5S2/c1-3-23-19(25)17(13-18(24)21-14-9-11-15(28-2)12-10-14)29-20(23)22-30(26,27)16-7-5-4-6-8-16/h4-12,17H,3,13H2,1-2H3,(H,21,24)/t17-/m0/s1. The molecule has 2 aromatic carbocycles. The average molecular weight is 448 g/mol. The molecule has 158 valence electrons. The van der Waals surface area contributed by atoms with E-state index in [4.69, 9.17) is 4.74 Å². The van der Waals surface area contributed by atoms with Crippen molar-refractivity contribution in [3.05, 3.63) is 54.6 Å². The van der Waals surface area contributed by atoms with E-state index in [-0.39, 0.29) is 34.8 Å². The quantitative estimate of drug-likeness (QED) is 0.700. The van der Waals surface area contributed by atoms with Crippen molar-refractivity contribution in [2.75, 3.05) is 19.0 Å². The number of anilines is 1. The lowest BCUT2D eigenvalue weighted by atomic mass is 10.2. The van der Waals surface area contributed by atoms with Crippen LogP contribution in [-0.4, -0.2) is 49.2 Å². The second-order valence-electron chi connectivity index (χ2n) is 6.33. The van der Waals surface area contributed by atoms with E-state index in [1.807, 2.05) is 0 Å². The van der Waals surface area contributed by atoms with Crippen LogP contribution in [-0.2, 0) is 19.6 Å². The largest absolute Gasteiger partial charge is 0.497 e. The highest BCUT2D eigenvalue weighted by Gasteiger charge is 2.39. The van der Waals surface area contributed by atoms with E-state index in [2.05, 4.69) is 9.71 Å². The molecule has 1 saturated heterocycles. The summed E-state index contributed by atoms with van der Waals surface area (Å²) in [5.41, 5.74) is 0.573. The Morgan fingerprint density at radius 3 is 2.43 bits per heavy atom. The minimum absolute atomic E-state index is 0.0438. The van der Waals surface area contributed by atoms with Crippen LogP contribution in [0.2, 0.25) is 0 Å². The maximum atomic E-state index is 12.7. The molecule has 0 saturated carbocycles. The van der Waals surface area contributed by atoms with E-state index in [1.165, 1.54) is 17.0 Å². The molecule has 30 heavy (non-hydrogen) atoms. The summed E-state index contributed by atoms with van der Waals surface area (Å²) in [5.74, 6) is -0.0304. The zero-order valence-electron chi connectivity index (χ0n) is 16.4. The predicted octanol–water partition coefficient (Wildman–Crippen LogP) is 2.73. The van der Waals surface area contributed by atoms with Crippen molar-refractivity contribution < 1.29 is 22.7 Å². The van der Waals surface area contributed by atoms with Crippen LogP contribution in [0.5, 0.6) is 5.75 Å². The number of sulfonamides is 1. The van der Waals surface area contributed by atoms with Gasteiger partial charge in [-0.15, -0.1) is 4.40 Å². The molecule has 0 spiro atoms. The third-order valence-electron chi connectivity index (χ3n) is 4.32. The minimum atomic E-state index is -3.96. The number of nitrogens with zero attached hydrogens (tertiary/aromatic N) is 2. The number of ether oxygens (including phenoxy) is 1. The van der Waals surface area contributed by atoms with Crippen molar-refractivity contribution >= 4 is 44.5 Å². The summed E-state index contributed by atoms with van der Waals surface area (Å²) in [4.78, 5) is 26.4. The normalized spacial score (nSPS) is 17.9. The molecule has 1 N–H and O–H groups in total. The molecule has 0 bridgehead atoms. The molecule has 3 rings (SSSR count). The molecule has 0 aliphatic carbocycles. The number of amides is 2. The Morgan fingerprint density at radius 1 is 1.17 bits per heavy atom. The maximum Gasteiger partial charge on any atom is 0.284 e. The van der Waals surface area contributed by atoms with Crippen molar-refractivity contribution in [3.8, 4) is 5.75 Å². The third kappa shape index (κ3) is 5.00. The molecule has 1 aliphatic rings. The molecule has 2 aromatic rings. The van der Waals surface area contributed by atoms with Crippen molar-refractivity contribution in [2.45, 2.75) is 23.5 Å². The highest BCUT2D eigenvalue weighted by Crippen LogP contribution is 2.31. The summed E-state index contributed by atoms with van der Waals surface area (Å²) >= 11 is 0.984. The molecule has 2 amide bonds. The van der Waals surface area contributed by atoms with Gasteiger partial charge in [0.1, 0.15) is 11.0 Å². The first kappa shape index (κ1) is 21.8. The summed E-state index contributed by atoms with van der Waals surface area (Å²) in [6.45, 7) is 1.98. The van der Waals surface area contributed by atoms with Crippen LogP contribution >= 0.6 is 11.8 Å². The molecule has 10 heteroatoms. The first-order valence-corrected chi connectivity index (χ1v) is 11.5. The summed E-state index contributed by atoms with van der Waals surface area (Å²) < 4.78 is 34.0. The summed E-state index contributed by atoms with van der Waals surface area (Å²) in [6, 6.07) is 14.6. The van der Waals surface area contributed by atoms with Crippen LogP contribution < -0.4 is 10.1 Å². The fraction of sp³-hybridized carbons (Fsp3) is 0.250. The number of carbonyl (C=O) groups excluding carboxylic acids is 2. The van der Waals surface area contributed by atoms with Gasteiger partial charge >= 0.3 is 0 Å². The van der Waals surface area contributed by atoms with Crippen molar-refractivity contribution in [3.63, 3.8) is 0 Å². The van der Waals surface area contributed by atoms with Gasteiger partial charge in [-0.3, -0.25) is 14.5 Å². The SMILES string of the molecule is CCN1C(=O)[C@H](CC(=O)Nc2ccc(OC)cc2)SC1=NS(=O)(=O)c1ccccc1. The van der Waals surface area contributed by atoms with Gasteiger partial charge in [0.15, 0.2) is 5.17 Å². The molecule has 8 nitrogen and oxygen atoms in total. The molecule has 0 radical (unpaired) electrons. The first-order valence-electron chi connectivity index (χ1n) is 9.16. The number of hydrogen-bond acceptors (Lipinski definition) is 6. The molecular weight excluding hydrogens is 426 g/mol. The smallest absolute Gasteiger partial charge is 0.284 e. The number of thioether (sulfide) groups is 1. The Bertz CT molecular complexity index is 1050. The number of hydrogen-bond donors (Lipinski definition) is 1. The van der Waals surface area contributed by atoms with Crippen LogP contribution in [0, 0.1) is 0 Å². The number of nitrogens with one attached hydrogen (secondary N) is 1. The lowest BCUT2D eigenvalue weighted by Crippen LogP contribution is -2.33. The van der Waals surface area contributed by atoms with E-state index >= 15 is 0 Å². The number of methoxy groups -OCH3 is 1. The molecule has 0 aromatic heterocycles. The number of amidine groups is 1. The van der Waals surface area contributed by atoms with Gasteiger partial charge in [-0.25, -0.2) is 0 Å². The Labute approximate surface area is 179 Å². The predicted molar refractivity (Wildman–Crippen MR) is 116 cm³/mol. The summed E-state index contributed by atoms with van der Waals surface area (Å²) in [5, 5.41) is 2.06. The monoisotopic (exact) mass is 447 g/mol. The first-order chi connectivity index (χ1) is 14.3. The van der Waals surface area contributed by atoms with Crippen molar-refractivity contribution in [2.24, 2.45) is 4.40 Å². The van der Waals surface area contributed by atoms with Crippen LogP contribution in [0.3, 0.4) is 0 Å². The number of carbonyl (C=O) groups is 2. The van der Waals surface area contributed by atoms with Crippen molar-refractivity contribution in [1.29, 1.82) is 0 Å². The lowest BCUT2D eigenvalue weighted by Gasteiger charge is -2.13. The summed E-state index contributed by atoms with van der Waals surface area (Å²) in [7, 11) is -2.41. The topological polar surface area (TPSA) is 105 Å². The zero-order valence-corrected chi connectivity index (χ0v) is 18.1. The van der Waals surface area contributed by atoms with E-state index in [0.29, 0.717) is 11.4 Å². The highest BCUT2D eigenvalue weighted by atomic mass is 32.2. The Morgan fingerprint density at radius 2 is 1.83 bits per heavy atom. The second kappa shape index (κ2) is 9.31. The maximum absolute atomic E-state index is 12.7. The average Bonchev–Trinajstić information content (AvgIpc) is 3.02. The molecule has 1 aliphatic heterocycles. The van der Waals surface area contributed by atoms with Crippen LogP contribution in [0.4, 0.5) is 5.69 Å². The van der Waals surface area contributed by atoms with Gasteiger partial charge < -0.3 is 10.1 Å². The van der Waals surface area contributed by atoms with Crippen LogP contribution in [0.15, 0.2) is 63.9 Å². The van der Waals surface area contributed by atoms with E-state index < -0.39 is 15.3 Å². The van der Waals surface area contributed by atoms with Gasteiger partial charge in [-0.2, -0.15) is 8.42 Å². The fourth-order valence-corrected chi connectivity index (χ4v) is 5.24. The van der Waals surface area contributed by atoms with Gasteiger partial charge in [-0.1, -0.05) is 30.0 Å². The van der Waals surface area contributed by atoms with Gasteiger partial charge in [0.25, 0.3) is 10.0 Å². The number of rotatable bonds is 7. The Balaban J connectivity index is 1.72. The third-order valence-corrected chi connectivity index (χ3v) is 6.89. The van der Waals surface area contributed by atoms with Crippen LogP contribution in [0.1, 0.15) is 13.3 Å². The fourth-order valence-electron chi connectivity index (χ4n) is 2.80. The van der Waals surface area contributed by atoms with Gasteiger partial charge in [-0.05, 0) is 43.3 Å². The van der Waals surface area contributed by atoms with E-state index in [1.54, 1.807) is 56.5 Å². The molecular formula is C20H21N3O5S2. The number of benzene rings is 2. The van der Waals surface area contributed by atoms with E-state index in [9.17, 15) is 18.0 Å². The molecule has 0 unspecified atom stereocenters. The zero-order chi connectivity index (χ0) is 21.7. The molecule has 1 heterocycles. The van der Waals surface area contributed by atoms with Crippen LogP contribution in [0.25, 0.3) is 0 Å². The summed E-state index contributed by atoms with van der Waals surface area (Å²) in [6.07, 6.45) is -0.101. The highest BCUT2D eigenvalue weighted by molar-refractivity contribution is 8.16.